The highest BCUT2D eigenvalue weighted by Crippen LogP contribution is 1.66. The minimum atomic E-state index is 0.838. The Labute approximate surface area is 51.5 Å². The Morgan fingerprint density at radius 3 is 2.75 bits per heavy atom. The molecular weight excluding hydrogens is 98.1 g/mol. The van der Waals surface area contributed by atoms with Gasteiger partial charge in [-0.25, -0.2) is 0 Å². The van der Waals surface area contributed by atoms with E-state index >= 15 is 0 Å². The molecule has 0 rings (SSSR count). The second-order valence-electron chi connectivity index (χ2n) is 1.60. The summed E-state index contributed by atoms with van der Waals surface area (Å²) in [5, 5.41) is 3.16. The molecule has 0 radical (unpaired) electrons. The SMILES string of the molecule is CC#CCNCCC. The number of hydrogen-bond donors (Lipinski definition) is 1. The Hall–Kier alpha value is -0.480. The van der Waals surface area contributed by atoms with Gasteiger partial charge in [0.05, 0.1) is 6.54 Å². The molecule has 0 aromatic heterocycles. The first-order valence-electron chi connectivity index (χ1n) is 3.02. The van der Waals surface area contributed by atoms with Gasteiger partial charge < -0.3 is 5.32 Å². The number of rotatable bonds is 3. The maximum absolute atomic E-state index is 3.16. The van der Waals surface area contributed by atoms with Crippen molar-refractivity contribution in [3.05, 3.63) is 0 Å². The van der Waals surface area contributed by atoms with E-state index in [0.717, 1.165) is 13.1 Å². The van der Waals surface area contributed by atoms with Crippen LogP contribution < -0.4 is 5.32 Å². The average molecular weight is 111 g/mol. The summed E-state index contributed by atoms with van der Waals surface area (Å²) in [6.45, 7) is 5.92. The van der Waals surface area contributed by atoms with Crippen molar-refractivity contribution < 1.29 is 0 Å². The third kappa shape index (κ3) is 5.52. The molecule has 0 saturated heterocycles. The number of hydrogen-bond acceptors (Lipinski definition) is 1. The van der Waals surface area contributed by atoms with Gasteiger partial charge >= 0.3 is 0 Å². The molecular formula is C7H13N. The molecule has 0 saturated carbocycles. The van der Waals surface area contributed by atoms with Crippen molar-refractivity contribution >= 4 is 0 Å². The van der Waals surface area contributed by atoms with E-state index in [9.17, 15) is 0 Å². The van der Waals surface area contributed by atoms with E-state index in [1.54, 1.807) is 0 Å². The van der Waals surface area contributed by atoms with Gasteiger partial charge in [0, 0.05) is 0 Å². The second kappa shape index (κ2) is 6.52. The standard InChI is InChI=1S/C7H13N/c1-3-5-7-8-6-4-2/h8H,4,6-7H2,1-2H3. The Morgan fingerprint density at radius 2 is 2.25 bits per heavy atom. The predicted octanol–water partition coefficient (Wildman–Crippen LogP) is 1.01. The third-order valence-corrected chi connectivity index (χ3v) is 0.817. The van der Waals surface area contributed by atoms with Crippen LogP contribution in [-0.4, -0.2) is 13.1 Å². The van der Waals surface area contributed by atoms with Crippen LogP contribution >= 0.6 is 0 Å². The van der Waals surface area contributed by atoms with Gasteiger partial charge in [-0.15, -0.1) is 5.92 Å². The van der Waals surface area contributed by atoms with Gasteiger partial charge in [0.1, 0.15) is 0 Å². The molecule has 0 aliphatic heterocycles. The summed E-state index contributed by atoms with van der Waals surface area (Å²) < 4.78 is 0. The lowest BCUT2D eigenvalue weighted by molar-refractivity contribution is 0.737. The molecule has 0 aliphatic rings. The first-order valence-corrected chi connectivity index (χ1v) is 3.02. The largest absolute Gasteiger partial charge is 0.306 e. The summed E-state index contributed by atoms with van der Waals surface area (Å²) in [6.07, 6.45) is 1.19. The smallest absolute Gasteiger partial charge is 0.0576 e. The summed E-state index contributed by atoms with van der Waals surface area (Å²) in [4.78, 5) is 0. The fourth-order valence-corrected chi connectivity index (χ4v) is 0.416. The topological polar surface area (TPSA) is 12.0 Å². The summed E-state index contributed by atoms with van der Waals surface area (Å²) in [6, 6.07) is 0. The Kier molecular flexibility index (Phi) is 6.13. The lowest BCUT2D eigenvalue weighted by Gasteiger charge is -1.92. The van der Waals surface area contributed by atoms with Gasteiger partial charge in [-0.05, 0) is 19.9 Å². The van der Waals surface area contributed by atoms with Gasteiger partial charge in [-0.1, -0.05) is 12.8 Å². The molecule has 0 amide bonds. The minimum absolute atomic E-state index is 0.838. The molecule has 1 nitrogen and oxygen atoms in total. The molecule has 1 N–H and O–H groups in total. The molecule has 0 aliphatic carbocycles. The minimum Gasteiger partial charge on any atom is -0.306 e. The Balaban J connectivity index is 2.79. The fourth-order valence-electron chi connectivity index (χ4n) is 0.416. The quantitative estimate of drug-likeness (QED) is 0.423. The van der Waals surface area contributed by atoms with Crippen molar-refractivity contribution in [2.75, 3.05) is 13.1 Å². The number of nitrogens with one attached hydrogen (secondary N) is 1. The Morgan fingerprint density at radius 1 is 1.50 bits per heavy atom. The maximum Gasteiger partial charge on any atom is 0.0576 e. The maximum atomic E-state index is 3.16. The molecule has 0 unspecified atom stereocenters. The molecule has 0 heterocycles. The zero-order chi connectivity index (χ0) is 6.24. The van der Waals surface area contributed by atoms with E-state index in [1.807, 2.05) is 6.92 Å². The van der Waals surface area contributed by atoms with Crippen molar-refractivity contribution in [2.24, 2.45) is 0 Å². The summed E-state index contributed by atoms with van der Waals surface area (Å²) >= 11 is 0. The Bertz CT molecular complexity index is 86.3. The first-order chi connectivity index (χ1) is 3.91. The molecule has 0 aromatic rings. The van der Waals surface area contributed by atoms with Gasteiger partial charge in [0.15, 0.2) is 0 Å². The van der Waals surface area contributed by atoms with E-state index in [1.165, 1.54) is 6.42 Å². The molecule has 0 spiro atoms. The van der Waals surface area contributed by atoms with Gasteiger partial charge in [-0.2, -0.15) is 0 Å². The van der Waals surface area contributed by atoms with E-state index < -0.39 is 0 Å². The highest BCUT2D eigenvalue weighted by molar-refractivity contribution is 4.96. The van der Waals surface area contributed by atoms with E-state index in [-0.39, 0.29) is 0 Å². The average Bonchev–Trinajstić information content (AvgIpc) is 1.81. The predicted molar refractivity (Wildman–Crippen MR) is 36.6 cm³/mol. The van der Waals surface area contributed by atoms with E-state index in [0.29, 0.717) is 0 Å². The van der Waals surface area contributed by atoms with Gasteiger partial charge in [0.25, 0.3) is 0 Å². The zero-order valence-electron chi connectivity index (χ0n) is 5.62. The molecule has 0 aromatic carbocycles. The van der Waals surface area contributed by atoms with E-state index in [2.05, 4.69) is 24.1 Å². The van der Waals surface area contributed by atoms with Crippen molar-refractivity contribution in [3.8, 4) is 11.8 Å². The molecule has 0 atom stereocenters. The van der Waals surface area contributed by atoms with Crippen LogP contribution in [0.2, 0.25) is 0 Å². The summed E-state index contributed by atoms with van der Waals surface area (Å²) in [5.74, 6) is 5.74. The van der Waals surface area contributed by atoms with Crippen molar-refractivity contribution in [2.45, 2.75) is 20.3 Å². The molecule has 0 fully saturated rings. The fraction of sp³-hybridized carbons (Fsp3) is 0.714. The van der Waals surface area contributed by atoms with Gasteiger partial charge in [-0.3, -0.25) is 0 Å². The van der Waals surface area contributed by atoms with Crippen molar-refractivity contribution in [1.29, 1.82) is 0 Å². The molecule has 0 bridgehead atoms. The zero-order valence-corrected chi connectivity index (χ0v) is 5.62. The molecule has 1 heteroatoms. The van der Waals surface area contributed by atoms with Crippen molar-refractivity contribution in [3.63, 3.8) is 0 Å². The van der Waals surface area contributed by atoms with Crippen LogP contribution in [0.1, 0.15) is 20.3 Å². The van der Waals surface area contributed by atoms with Crippen LogP contribution in [-0.2, 0) is 0 Å². The highest BCUT2D eigenvalue weighted by atomic mass is 14.8. The van der Waals surface area contributed by atoms with Gasteiger partial charge in [0.2, 0.25) is 0 Å². The van der Waals surface area contributed by atoms with Crippen molar-refractivity contribution in [1.82, 2.24) is 5.32 Å². The van der Waals surface area contributed by atoms with Crippen LogP contribution in [0.5, 0.6) is 0 Å². The molecule has 8 heavy (non-hydrogen) atoms. The first kappa shape index (κ1) is 7.52. The second-order valence-corrected chi connectivity index (χ2v) is 1.60. The lowest BCUT2D eigenvalue weighted by Crippen LogP contribution is -2.13. The van der Waals surface area contributed by atoms with E-state index in [4.69, 9.17) is 0 Å². The van der Waals surface area contributed by atoms with Crippen LogP contribution in [0.4, 0.5) is 0 Å². The lowest BCUT2D eigenvalue weighted by atomic mass is 10.5. The summed E-state index contributed by atoms with van der Waals surface area (Å²) in [7, 11) is 0. The van der Waals surface area contributed by atoms with Crippen LogP contribution in [0.25, 0.3) is 0 Å². The van der Waals surface area contributed by atoms with Crippen LogP contribution in [0.15, 0.2) is 0 Å². The normalized spacial score (nSPS) is 7.75. The molecule has 46 valence electrons. The monoisotopic (exact) mass is 111 g/mol. The highest BCUT2D eigenvalue weighted by Gasteiger charge is 1.74. The third-order valence-electron chi connectivity index (χ3n) is 0.817. The summed E-state index contributed by atoms with van der Waals surface area (Å²) in [5.41, 5.74) is 0. The van der Waals surface area contributed by atoms with Crippen LogP contribution in [0, 0.1) is 11.8 Å². The van der Waals surface area contributed by atoms with Crippen LogP contribution in [0.3, 0.4) is 0 Å².